The fraction of sp³-hybridized carbons (Fsp3) is 0.526. The molecule has 0 spiro atoms. The van der Waals surface area contributed by atoms with Crippen LogP contribution >= 0.6 is 11.8 Å². The molecule has 0 heterocycles. The zero-order chi connectivity index (χ0) is 18.1. The summed E-state index contributed by atoms with van der Waals surface area (Å²) in [7, 11) is 0. The van der Waals surface area contributed by atoms with Gasteiger partial charge in [0.2, 0.25) is 5.91 Å². The quantitative estimate of drug-likeness (QED) is 0.812. The van der Waals surface area contributed by atoms with Crippen LogP contribution in [0.5, 0.6) is 0 Å². The minimum absolute atomic E-state index is 0.101. The molecule has 2 rings (SSSR count). The number of rotatable bonds is 6. The highest BCUT2D eigenvalue weighted by atomic mass is 32.2. The van der Waals surface area contributed by atoms with Gasteiger partial charge in [0.1, 0.15) is 0 Å². The second-order valence-electron chi connectivity index (χ2n) is 6.41. The number of carbonyl (C=O) groups excluding carboxylic acids is 1. The zero-order valence-corrected chi connectivity index (χ0v) is 15.1. The van der Waals surface area contributed by atoms with Gasteiger partial charge >= 0.3 is 5.97 Å². The molecule has 0 radical (unpaired) electrons. The molecule has 0 bridgehead atoms. The van der Waals surface area contributed by atoms with E-state index in [-0.39, 0.29) is 11.9 Å². The van der Waals surface area contributed by atoms with Crippen molar-refractivity contribution in [2.24, 2.45) is 5.92 Å². The summed E-state index contributed by atoms with van der Waals surface area (Å²) >= 11 is 1.49. The molecular formula is C19H24N2O3S. The molecular weight excluding hydrogens is 336 g/mol. The van der Waals surface area contributed by atoms with Crippen LogP contribution in [-0.4, -0.2) is 28.8 Å². The summed E-state index contributed by atoms with van der Waals surface area (Å²) in [6.45, 7) is 0. The van der Waals surface area contributed by atoms with Crippen LogP contribution < -0.4 is 5.32 Å². The standard InChI is InChI=1S/C19H24N2O3S/c20-11-14-7-9-15(10-8-14)12-25-13-18(22)21-17-6-4-2-1-3-5-16(17)19(23)24/h7-10,16-17H,1-6,12-13H2,(H,21,22)(H,23,24). The van der Waals surface area contributed by atoms with Crippen LogP contribution in [0.1, 0.15) is 49.7 Å². The summed E-state index contributed by atoms with van der Waals surface area (Å²) in [6, 6.07) is 9.12. The maximum absolute atomic E-state index is 12.2. The van der Waals surface area contributed by atoms with Crippen molar-refractivity contribution in [2.75, 3.05) is 5.75 Å². The Balaban J connectivity index is 1.80. The van der Waals surface area contributed by atoms with Crippen molar-refractivity contribution in [3.8, 4) is 6.07 Å². The second kappa shape index (κ2) is 10.1. The van der Waals surface area contributed by atoms with Crippen molar-refractivity contribution < 1.29 is 14.7 Å². The number of nitrogens with one attached hydrogen (secondary N) is 1. The minimum Gasteiger partial charge on any atom is -0.481 e. The maximum Gasteiger partial charge on any atom is 0.308 e. The lowest BCUT2D eigenvalue weighted by molar-refractivity contribution is -0.143. The van der Waals surface area contributed by atoms with Crippen LogP contribution in [0.2, 0.25) is 0 Å². The Morgan fingerprint density at radius 2 is 1.84 bits per heavy atom. The van der Waals surface area contributed by atoms with Gasteiger partial charge in [0.25, 0.3) is 0 Å². The molecule has 0 aliphatic heterocycles. The second-order valence-corrected chi connectivity index (χ2v) is 7.40. The first-order valence-electron chi connectivity index (χ1n) is 8.69. The lowest BCUT2D eigenvalue weighted by atomic mass is 9.87. The number of hydrogen-bond donors (Lipinski definition) is 2. The SMILES string of the molecule is N#Cc1ccc(CSCC(=O)NC2CCCCCCC2C(=O)O)cc1. The zero-order valence-electron chi connectivity index (χ0n) is 14.2. The predicted octanol–water partition coefficient (Wildman–Crippen LogP) is 3.33. The highest BCUT2D eigenvalue weighted by Crippen LogP contribution is 2.23. The number of benzene rings is 1. The van der Waals surface area contributed by atoms with E-state index in [4.69, 9.17) is 5.26 Å². The van der Waals surface area contributed by atoms with Gasteiger partial charge in [-0.05, 0) is 30.5 Å². The summed E-state index contributed by atoms with van der Waals surface area (Å²) in [5.74, 6) is -0.393. The molecule has 1 aliphatic carbocycles. The lowest BCUT2D eigenvalue weighted by Gasteiger charge is -2.27. The number of amides is 1. The van der Waals surface area contributed by atoms with Gasteiger partial charge in [-0.2, -0.15) is 5.26 Å². The topological polar surface area (TPSA) is 90.2 Å². The van der Waals surface area contributed by atoms with E-state index in [1.54, 1.807) is 12.1 Å². The van der Waals surface area contributed by atoms with Crippen molar-refractivity contribution in [3.63, 3.8) is 0 Å². The molecule has 1 aromatic carbocycles. The Morgan fingerprint density at radius 3 is 2.48 bits per heavy atom. The number of hydrogen-bond acceptors (Lipinski definition) is 4. The molecule has 1 fully saturated rings. The smallest absolute Gasteiger partial charge is 0.308 e. The molecule has 1 aromatic rings. The van der Waals surface area contributed by atoms with Gasteiger partial charge in [-0.25, -0.2) is 0 Å². The lowest BCUT2D eigenvalue weighted by Crippen LogP contribution is -2.44. The number of aliphatic carboxylic acids is 1. The molecule has 134 valence electrons. The molecule has 2 N–H and O–H groups in total. The van der Waals surface area contributed by atoms with E-state index >= 15 is 0 Å². The van der Waals surface area contributed by atoms with E-state index in [0.717, 1.165) is 37.7 Å². The van der Waals surface area contributed by atoms with Crippen LogP contribution in [0, 0.1) is 17.2 Å². The van der Waals surface area contributed by atoms with Crippen molar-refractivity contribution in [1.82, 2.24) is 5.32 Å². The average Bonchev–Trinajstić information content (AvgIpc) is 2.57. The number of thioether (sulfide) groups is 1. The van der Waals surface area contributed by atoms with E-state index < -0.39 is 11.9 Å². The third-order valence-electron chi connectivity index (χ3n) is 4.51. The molecule has 1 amide bonds. The van der Waals surface area contributed by atoms with Gasteiger partial charge in [0, 0.05) is 11.8 Å². The van der Waals surface area contributed by atoms with E-state index in [2.05, 4.69) is 11.4 Å². The number of nitriles is 1. The van der Waals surface area contributed by atoms with Gasteiger partial charge in [0.05, 0.1) is 23.3 Å². The summed E-state index contributed by atoms with van der Waals surface area (Å²) < 4.78 is 0. The van der Waals surface area contributed by atoms with Crippen LogP contribution in [-0.2, 0) is 15.3 Å². The monoisotopic (exact) mass is 360 g/mol. The van der Waals surface area contributed by atoms with Crippen molar-refractivity contribution in [3.05, 3.63) is 35.4 Å². The Kier molecular flexibility index (Phi) is 7.80. The number of nitrogens with zero attached hydrogens (tertiary/aromatic N) is 1. The fourth-order valence-electron chi connectivity index (χ4n) is 3.14. The largest absolute Gasteiger partial charge is 0.481 e. The van der Waals surface area contributed by atoms with E-state index in [9.17, 15) is 14.7 Å². The molecule has 2 atom stereocenters. The van der Waals surface area contributed by atoms with Crippen molar-refractivity contribution in [2.45, 2.75) is 50.3 Å². The Labute approximate surface area is 152 Å². The van der Waals surface area contributed by atoms with Gasteiger partial charge in [-0.15, -0.1) is 11.8 Å². The van der Waals surface area contributed by atoms with Gasteiger partial charge in [-0.3, -0.25) is 9.59 Å². The van der Waals surface area contributed by atoms with Crippen LogP contribution in [0.3, 0.4) is 0 Å². The van der Waals surface area contributed by atoms with Crippen molar-refractivity contribution in [1.29, 1.82) is 5.26 Å². The predicted molar refractivity (Wildman–Crippen MR) is 98.1 cm³/mol. The highest BCUT2D eigenvalue weighted by molar-refractivity contribution is 7.99. The van der Waals surface area contributed by atoms with E-state index in [1.165, 1.54) is 11.8 Å². The van der Waals surface area contributed by atoms with Gasteiger partial charge in [0.15, 0.2) is 0 Å². The Bertz CT molecular complexity index is 625. The molecule has 25 heavy (non-hydrogen) atoms. The average molecular weight is 360 g/mol. The highest BCUT2D eigenvalue weighted by Gasteiger charge is 2.29. The Morgan fingerprint density at radius 1 is 1.16 bits per heavy atom. The van der Waals surface area contributed by atoms with Crippen LogP contribution in [0.4, 0.5) is 0 Å². The summed E-state index contributed by atoms with van der Waals surface area (Å²) in [4.78, 5) is 23.7. The normalized spacial score (nSPS) is 20.8. The first-order valence-corrected chi connectivity index (χ1v) is 9.84. The van der Waals surface area contributed by atoms with Crippen molar-refractivity contribution >= 4 is 23.6 Å². The van der Waals surface area contributed by atoms with Crippen LogP contribution in [0.25, 0.3) is 0 Å². The molecule has 0 aromatic heterocycles. The molecule has 1 aliphatic rings. The van der Waals surface area contributed by atoms with E-state index in [0.29, 0.717) is 23.5 Å². The van der Waals surface area contributed by atoms with Gasteiger partial charge in [-0.1, -0.05) is 37.8 Å². The summed E-state index contributed by atoms with van der Waals surface area (Å²) in [6.07, 6.45) is 5.43. The number of carboxylic acids is 1. The van der Waals surface area contributed by atoms with E-state index in [1.807, 2.05) is 12.1 Å². The molecule has 0 saturated heterocycles. The molecule has 2 unspecified atom stereocenters. The first-order chi connectivity index (χ1) is 12.1. The molecule has 6 heteroatoms. The molecule has 5 nitrogen and oxygen atoms in total. The van der Waals surface area contributed by atoms with Gasteiger partial charge < -0.3 is 10.4 Å². The third kappa shape index (κ3) is 6.43. The summed E-state index contributed by atoms with van der Waals surface area (Å²) in [5.41, 5.74) is 1.68. The fourth-order valence-corrected chi connectivity index (χ4v) is 3.94. The van der Waals surface area contributed by atoms with Crippen LogP contribution in [0.15, 0.2) is 24.3 Å². The number of carboxylic acid groups (broad SMARTS) is 1. The first kappa shape index (κ1) is 19.3. The summed E-state index contributed by atoms with van der Waals surface area (Å²) in [5, 5.41) is 21.1. The third-order valence-corrected chi connectivity index (χ3v) is 5.52. The minimum atomic E-state index is -0.808. The Hall–Kier alpha value is -2.00. The maximum atomic E-state index is 12.2. The number of carbonyl (C=O) groups is 2. The molecule has 1 saturated carbocycles.